The Kier molecular flexibility index (Phi) is 5.38. The Balaban J connectivity index is 1.76. The topological polar surface area (TPSA) is 20.2 Å². The molecule has 1 nitrogen and oxygen atoms in total. The van der Waals surface area contributed by atoms with E-state index in [-0.39, 0.29) is 10.9 Å². The van der Waals surface area contributed by atoms with Crippen molar-refractivity contribution in [2.75, 3.05) is 0 Å². The Morgan fingerprint density at radius 1 is 0.522 bits per heavy atom. The molecule has 3 aromatic carbocycles. The van der Waals surface area contributed by atoms with Crippen molar-refractivity contribution in [3.63, 3.8) is 0 Å². The summed E-state index contributed by atoms with van der Waals surface area (Å²) < 4.78 is 0. The quantitative estimate of drug-likeness (QED) is 0.591. The van der Waals surface area contributed by atoms with Gasteiger partial charge in [0, 0.05) is 17.3 Å². The van der Waals surface area contributed by atoms with E-state index < -0.39 is 0 Å². The summed E-state index contributed by atoms with van der Waals surface area (Å²) in [7, 11) is -0.181. The third-order valence-electron chi connectivity index (χ3n) is 3.84. The molecule has 0 aliphatic rings. The third-order valence-corrected chi connectivity index (χ3v) is 6.28. The molecule has 1 N–H and O–H groups in total. The van der Waals surface area contributed by atoms with Crippen LogP contribution >= 0.6 is 10.9 Å². The van der Waals surface area contributed by atoms with Crippen LogP contribution in [0.3, 0.4) is 0 Å². The molecule has 0 aliphatic carbocycles. The highest BCUT2D eigenvalue weighted by atomic mass is 32.2. The second kappa shape index (κ2) is 7.89. The SMILES string of the molecule is Oc1ccc(C[SH](Cc2ccccc2)Cc2ccccc2)cc1. The minimum Gasteiger partial charge on any atom is -0.508 e. The number of phenolic OH excluding ortho intramolecular Hbond substituents is 1. The van der Waals surface area contributed by atoms with Gasteiger partial charge in [0.15, 0.2) is 0 Å². The number of thiol groups is 1. The van der Waals surface area contributed by atoms with Gasteiger partial charge in [-0.25, -0.2) is 10.9 Å². The van der Waals surface area contributed by atoms with E-state index in [0.717, 1.165) is 17.3 Å². The standard InChI is InChI=1S/C21H22OS/c22-21-13-11-20(12-14-21)17-23(15-18-7-3-1-4-8-18)16-19-9-5-2-6-10-19/h1-14,22-23H,15-17H2. The molecule has 3 aromatic rings. The molecule has 118 valence electrons. The maximum absolute atomic E-state index is 9.47. The molecule has 0 unspecified atom stereocenters. The van der Waals surface area contributed by atoms with Crippen molar-refractivity contribution in [2.24, 2.45) is 0 Å². The van der Waals surface area contributed by atoms with E-state index in [0.29, 0.717) is 5.75 Å². The van der Waals surface area contributed by atoms with Crippen LogP contribution in [0.5, 0.6) is 5.75 Å². The van der Waals surface area contributed by atoms with Crippen LogP contribution in [0, 0.1) is 0 Å². The Morgan fingerprint density at radius 3 is 1.35 bits per heavy atom. The lowest BCUT2D eigenvalue weighted by molar-refractivity contribution is 0.475. The second-order valence-electron chi connectivity index (χ2n) is 5.78. The van der Waals surface area contributed by atoms with Gasteiger partial charge >= 0.3 is 0 Å². The zero-order valence-electron chi connectivity index (χ0n) is 13.1. The molecule has 0 saturated carbocycles. The molecule has 3 rings (SSSR count). The average Bonchev–Trinajstić information content (AvgIpc) is 2.59. The molecule has 0 atom stereocenters. The summed E-state index contributed by atoms with van der Waals surface area (Å²) in [4.78, 5) is 0. The number of phenols is 1. The highest BCUT2D eigenvalue weighted by Crippen LogP contribution is 2.38. The van der Waals surface area contributed by atoms with Gasteiger partial charge < -0.3 is 5.11 Å². The molecule has 23 heavy (non-hydrogen) atoms. The van der Waals surface area contributed by atoms with E-state index in [9.17, 15) is 5.11 Å². The Bertz CT molecular complexity index is 666. The summed E-state index contributed by atoms with van der Waals surface area (Å²) in [6, 6.07) is 29.1. The molecule has 0 radical (unpaired) electrons. The van der Waals surface area contributed by atoms with Crippen LogP contribution in [0.4, 0.5) is 0 Å². The maximum atomic E-state index is 9.47. The van der Waals surface area contributed by atoms with Crippen LogP contribution in [-0.4, -0.2) is 5.11 Å². The number of rotatable bonds is 6. The molecule has 0 aromatic heterocycles. The molecule has 0 saturated heterocycles. The summed E-state index contributed by atoms with van der Waals surface area (Å²) in [5.41, 5.74) is 4.13. The number of benzene rings is 3. The molecule has 0 spiro atoms. The van der Waals surface area contributed by atoms with Gasteiger partial charge in [0.05, 0.1) is 0 Å². The van der Waals surface area contributed by atoms with Crippen LogP contribution in [0.15, 0.2) is 84.9 Å². The van der Waals surface area contributed by atoms with Crippen LogP contribution in [0.1, 0.15) is 16.7 Å². The Hall–Kier alpha value is -2.19. The first-order valence-electron chi connectivity index (χ1n) is 7.88. The minimum absolute atomic E-state index is 0.181. The lowest BCUT2D eigenvalue weighted by Gasteiger charge is -2.22. The van der Waals surface area contributed by atoms with Crippen molar-refractivity contribution in [1.82, 2.24) is 0 Å². The number of hydrogen-bond acceptors (Lipinski definition) is 1. The van der Waals surface area contributed by atoms with E-state index in [4.69, 9.17) is 0 Å². The van der Waals surface area contributed by atoms with Gasteiger partial charge in [-0.2, -0.15) is 0 Å². The predicted octanol–water partition coefficient (Wildman–Crippen LogP) is 5.29. The van der Waals surface area contributed by atoms with Crippen molar-refractivity contribution in [3.8, 4) is 5.75 Å². The van der Waals surface area contributed by atoms with Crippen molar-refractivity contribution in [1.29, 1.82) is 0 Å². The van der Waals surface area contributed by atoms with E-state index in [1.165, 1.54) is 16.7 Å². The van der Waals surface area contributed by atoms with Crippen molar-refractivity contribution >= 4 is 10.9 Å². The summed E-state index contributed by atoms with van der Waals surface area (Å²) >= 11 is 0. The van der Waals surface area contributed by atoms with Gasteiger partial charge in [-0.15, -0.1) is 0 Å². The molecule has 0 amide bonds. The van der Waals surface area contributed by atoms with Crippen LogP contribution in [0.2, 0.25) is 0 Å². The first kappa shape index (κ1) is 15.7. The Morgan fingerprint density at radius 2 is 0.913 bits per heavy atom. The fourth-order valence-corrected chi connectivity index (χ4v) is 5.23. The highest BCUT2D eigenvalue weighted by Gasteiger charge is 2.08. The maximum Gasteiger partial charge on any atom is 0.115 e. The summed E-state index contributed by atoms with van der Waals surface area (Å²) in [5.74, 6) is 3.68. The highest BCUT2D eigenvalue weighted by molar-refractivity contribution is 8.14. The lowest BCUT2D eigenvalue weighted by atomic mass is 10.2. The van der Waals surface area contributed by atoms with Crippen LogP contribution < -0.4 is 0 Å². The van der Waals surface area contributed by atoms with Gasteiger partial charge in [-0.05, 0) is 28.8 Å². The van der Waals surface area contributed by atoms with Gasteiger partial charge in [0.1, 0.15) is 5.75 Å². The van der Waals surface area contributed by atoms with Crippen LogP contribution in [-0.2, 0) is 17.3 Å². The summed E-state index contributed by atoms with van der Waals surface area (Å²) in [5, 5.41) is 9.47. The lowest BCUT2D eigenvalue weighted by Crippen LogP contribution is -1.96. The summed E-state index contributed by atoms with van der Waals surface area (Å²) in [6.07, 6.45) is 0. The second-order valence-corrected chi connectivity index (χ2v) is 8.07. The molecular formula is C21H22OS. The number of hydrogen-bond donors (Lipinski definition) is 2. The zero-order valence-corrected chi connectivity index (χ0v) is 14.0. The van der Waals surface area contributed by atoms with Gasteiger partial charge in [-0.3, -0.25) is 0 Å². The molecule has 2 heteroatoms. The smallest absolute Gasteiger partial charge is 0.115 e. The van der Waals surface area contributed by atoms with Gasteiger partial charge in [0.25, 0.3) is 0 Å². The van der Waals surface area contributed by atoms with Gasteiger partial charge in [0.2, 0.25) is 0 Å². The first-order valence-corrected chi connectivity index (χ1v) is 9.77. The normalized spacial score (nSPS) is 11.2. The molecule has 0 fully saturated rings. The summed E-state index contributed by atoms with van der Waals surface area (Å²) in [6.45, 7) is 0. The monoisotopic (exact) mass is 322 g/mol. The largest absolute Gasteiger partial charge is 0.508 e. The van der Waals surface area contributed by atoms with E-state index in [1.54, 1.807) is 12.1 Å². The Labute approximate surface area is 141 Å². The van der Waals surface area contributed by atoms with Gasteiger partial charge in [-0.1, -0.05) is 72.8 Å². The predicted molar refractivity (Wildman–Crippen MR) is 101 cm³/mol. The fourth-order valence-electron chi connectivity index (χ4n) is 2.71. The molecule has 0 bridgehead atoms. The third kappa shape index (κ3) is 4.90. The first-order chi connectivity index (χ1) is 11.3. The zero-order chi connectivity index (χ0) is 15.9. The van der Waals surface area contributed by atoms with Crippen molar-refractivity contribution < 1.29 is 5.11 Å². The minimum atomic E-state index is -0.181. The molecule has 0 aliphatic heterocycles. The van der Waals surface area contributed by atoms with E-state index in [1.807, 2.05) is 12.1 Å². The average molecular weight is 322 g/mol. The molecule has 0 heterocycles. The van der Waals surface area contributed by atoms with Crippen molar-refractivity contribution in [3.05, 3.63) is 102 Å². The van der Waals surface area contributed by atoms with E-state index in [2.05, 4.69) is 60.7 Å². The fraction of sp³-hybridized carbons (Fsp3) is 0.143. The van der Waals surface area contributed by atoms with Crippen LogP contribution in [0.25, 0.3) is 0 Å². The van der Waals surface area contributed by atoms with Crippen molar-refractivity contribution in [2.45, 2.75) is 17.3 Å². The van der Waals surface area contributed by atoms with E-state index >= 15 is 0 Å². The number of aromatic hydroxyl groups is 1. The molecular weight excluding hydrogens is 300 g/mol.